The molecule has 1 aromatic carbocycles. The van der Waals surface area contributed by atoms with E-state index in [9.17, 15) is 4.79 Å². The van der Waals surface area contributed by atoms with Crippen LogP contribution in [0.5, 0.6) is 0 Å². The molecule has 172 valence electrons. The van der Waals surface area contributed by atoms with E-state index in [1.54, 1.807) is 13.3 Å². The Balaban J connectivity index is 1.43. The zero-order valence-electron chi connectivity index (χ0n) is 19.2. The zero-order valence-corrected chi connectivity index (χ0v) is 19.2. The number of nitrogens with zero attached hydrogens (tertiary/aromatic N) is 5. The van der Waals surface area contributed by atoms with Gasteiger partial charge in [-0.25, -0.2) is 4.98 Å². The predicted molar refractivity (Wildman–Crippen MR) is 127 cm³/mol. The quantitative estimate of drug-likeness (QED) is 0.485. The highest BCUT2D eigenvalue weighted by atomic mass is 16.5. The lowest BCUT2D eigenvalue weighted by molar-refractivity contribution is -0.143. The van der Waals surface area contributed by atoms with Crippen molar-refractivity contribution in [2.24, 2.45) is 5.41 Å². The summed E-state index contributed by atoms with van der Waals surface area (Å²) in [4.78, 5) is 19.8. The van der Waals surface area contributed by atoms with E-state index in [0.717, 1.165) is 59.0 Å². The van der Waals surface area contributed by atoms with Crippen LogP contribution < -0.4 is 5.73 Å². The lowest BCUT2D eigenvalue weighted by atomic mass is 9.90. The van der Waals surface area contributed by atoms with Gasteiger partial charge >= 0.3 is 0 Å². The van der Waals surface area contributed by atoms with Crippen molar-refractivity contribution in [1.29, 1.82) is 0 Å². The zero-order chi connectivity index (χ0) is 23.2. The van der Waals surface area contributed by atoms with Gasteiger partial charge in [-0.3, -0.25) is 14.6 Å². The van der Waals surface area contributed by atoms with Gasteiger partial charge in [-0.1, -0.05) is 6.07 Å². The van der Waals surface area contributed by atoms with Crippen LogP contribution in [0, 0.1) is 5.41 Å². The monoisotopic (exact) mass is 447 g/mol. The molecule has 1 fully saturated rings. The molecule has 1 saturated heterocycles. The summed E-state index contributed by atoms with van der Waals surface area (Å²) in [6, 6.07) is 7.92. The van der Waals surface area contributed by atoms with Gasteiger partial charge in [0.2, 0.25) is 5.91 Å². The van der Waals surface area contributed by atoms with Crippen molar-refractivity contribution in [1.82, 2.24) is 29.9 Å². The molecular weight excluding hydrogens is 418 g/mol. The molecule has 0 spiro atoms. The van der Waals surface area contributed by atoms with Crippen molar-refractivity contribution in [3.05, 3.63) is 36.7 Å². The molecule has 1 aliphatic rings. The lowest BCUT2D eigenvalue weighted by Gasteiger charge is -2.36. The standard InChI is InChI=1S/C24H29N7O2/c1-24(2,23(32)30-10-7-16(33-3)8-11-30)14-31-13-18-21(29-31)17-5-4-15(19-6-9-26-28-19)12-20(17)27-22(18)25/h4-6,9,12-13,16H,7-8,10-11,14H2,1-3H3,(H2,25,27)(H,26,28). The van der Waals surface area contributed by atoms with Crippen LogP contribution in [-0.4, -0.2) is 62.1 Å². The van der Waals surface area contributed by atoms with Gasteiger partial charge in [0.1, 0.15) is 11.3 Å². The predicted octanol–water partition coefficient (Wildman–Crippen LogP) is 3.22. The Kier molecular flexibility index (Phi) is 5.28. The molecule has 3 N–H and O–H groups in total. The van der Waals surface area contributed by atoms with E-state index < -0.39 is 5.41 Å². The Morgan fingerprint density at radius 2 is 2.03 bits per heavy atom. The van der Waals surface area contributed by atoms with Crippen LogP contribution in [0.4, 0.5) is 5.82 Å². The fourth-order valence-corrected chi connectivity index (χ4v) is 4.68. The van der Waals surface area contributed by atoms with Gasteiger partial charge in [0.25, 0.3) is 0 Å². The summed E-state index contributed by atoms with van der Waals surface area (Å²) in [6.07, 6.45) is 5.60. The number of likely N-dealkylation sites (tertiary alicyclic amines) is 1. The second-order valence-electron chi connectivity index (χ2n) is 9.40. The molecule has 1 amide bonds. The molecule has 0 aliphatic carbocycles. The van der Waals surface area contributed by atoms with E-state index in [-0.39, 0.29) is 12.0 Å². The van der Waals surface area contributed by atoms with Crippen LogP contribution in [0.2, 0.25) is 0 Å². The minimum Gasteiger partial charge on any atom is -0.383 e. The Labute approximate surface area is 191 Å². The third kappa shape index (κ3) is 3.93. The number of rotatable bonds is 5. The summed E-state index contributed by atoms with van der Waals surface area (Å²) < 4.78 is 7.26. The number of amides is 1. The SMILES string of the molecule is COC1CCN(C(=O)C(C)(C)Cn2cc3c(N)nc4cc(-c5ccn[nH]5)ccc4c3n2)CC1. The number of nitrogens with two attached hydrogens (primary N) is 1. The maximum Gasteiger partial charge on any atom is 0.230 e. The normalized spacial score (nSPS) is 15.5. The van der Waals surface area contributed by atoms with Crippen molar-refractivity contribution in [3.63, 3.8) is 0 Å². The van der Waals surface area contributed by atoms with Gasteiger partial charge in [0, 0.05) is 43.5 Å². The number of carbonyl (C=O) groups is 1. The van der Waals surface area contributed by atoms with Gasteiger partial charge < -0.3 is 15.4 Å². The van der Waals surface area contributed by atoms with E-state index in [4.69, 9.17) is 15.6 Å². The number of piperidine rings is 1. The van der Waals surface area contributed by atoms with Crippen LogP contribution in [0.3, 0.4) is 0 Å². The number of carbonyl (C=O) groups excluding carboxylic acids is 1. The van der Waals surface area contributed by atoms with Crippen LogP contribution in [0.15, 0.2) is 36.7 Å². The Hall–Kier alpha value is -3.46. The van der Waals surface area contributed by atoms with E-state index >= 15 is 0 Å². The number of ether oxygens (including phenoxy) is 1. The number of fused-ring (bicyclic) bond motifs is 3. The number of methoxy groups -OCH3 is 1. The van der Waals surface area contributed by atoms with Crippen molar-refractivity contribution in [2.45, 2.75) is 39.3 Å². The molecule has 9 heteroatoms. The summed E-state index contributed by atoms with van der Waals surface area (Å²) in [5.41, 5.74) is 9.15. The maximum atomic E-state index is 13.3. The van der Waals surface area contributed by atoms with Crippen LogP contribution >= 0.6 is 0 Å². The van der Waals surface area contributed by atoms with Gasteiger partial charge in [-0.2, -0.15) is 10.2 Å². The first-order chi connectivity index (χ1) is 15.9. The Morgan fingerprint density at radius 3 is 2.73 bits per heavy atom. The molecule has 3 aromatic heterocycles. The first-order valence-electron chi connectivity index (χ1n) is 11.2. The van der Waals surface area contributed by atoms with E-state index in [1.807, 2.05) is 53.9 Å². The minimum absolute atomic E-state index is 0.136. The van der Waals surface area contributed by atoms with Crippen molar-refractivity contribution in [2.75, 3.05) is 25.9 Å². The van der Waals surface area contributed by atoms with E-state index in [1.165, 1.54) is 0 Å². The number of nitrogens with one attached hydrogen (secondary N) is 1. The van der Waals surface area contributed by atoms with Gasteiger partial charge in [-0.05, 0) is 44.9 Å². The average molecular weight is 448 g/mol. The smallest absolute Gasteiger partial charge is 0.230 e. The van der Waals surface area contributed by atoms with E-state index in [0.29, 0.717) is 12.4 Å². The van der Waals surface area contributed by atoms with Crippen LogP contribution in [-0.2, 0) is 16.1 Å². The van der Waals surface area contributed by atoms with Crippen LogP contribution in [0.25, 0.3) is 33.1 Å². The van der Waals surface area contributed by atoms with Gasteiger partial charge in [-0.15, -0.1) is 0 Å². The van der Waals surface area contributed by atoms with Crippen molar-refractivity contribution >= 4 is 33.5 Å². The molecule has 0 unspecified atom stereocenters. The number of anilines is 1. The maximum absolute atomic E-state index is 13.3. The van der Waals surface area contributed by atoms with Gasteiger partial charge in [0.15, 0.2) is 0 Å². The van der Waals surface area contributed by atoms with Crippen molar-refractivity contribution < 1.29 is 9.53 Å². The number of benzene rings is 1. The third-order valence-corrected chi connectivity index (χ3v) is 6.54. The molecular formula is C24H29N7O2. The second-order valence-corrected chi connectivity index (χ2v) is 9.40. The summed E-state index contributed by atoms with van der Waals surface area (Å²) >= 11 is 0. The average Bonchev–Trinajstić information content (AvgIpc) is 3.49. The van der Waals surface area contributed by atoms with Crippen LogP contribution in [0.1, 0.15) is 26.7 Å². The Bertz CT molecular complexity index is 1300. The molecule has 4 aromatic rings. The second kappa shape index (κ2) is 8.15. The summed E-state index contributed by atoms with van der Waals surface area (Å²) in [5, 5.41) is 13.5. The van der Waals surface area contributed by atoms with Crippen molar-refractivity contribution in [3.8, 4) is 11.3 Å². The number of pyridine rings is 1. The third-order valence-electron chi connectivity index (χ3n) is 6.54. The first-order valence-corrected chi connectivity index (χ1v) is 11.2. The summed E-state index contributed by atoms with van der Waals surface area (Å²) in [6.45, 7) is 5.85. The Morgan fingerprint density at radius 1 is 1.24 bits per heavy atom. The number of H-pyrrole nitrogens is 1. The fraction of sp³-hybridized carbons (Fsp3) is 0.417. The molecule has 5 rings (SSSR count). The molecule has 4 heterocycles. The number of aromatic nitrogens is 5. The molecule has 0 atom stereocenters. The fourth-order valence-electron chi connectivity index (χ4n) is 4.68. The molecule has 0 radical (unpaired) electrons. The summed E-state index contributed by atoms with van der Waals surface area (Å²) in [7, 11) is 1.73. The molecule has 9 nitrogen and oxygen atoms in total. The molecule has 33 heavy (non-hydrogen) atoms. The number of hydrogen-bond donors (Lipinski definition) is 2. The number of hydrogen-bond acceptors (Lipinski definition) is 6. The largest absolute Gasteiger partial charge is 0.383 e. The first kappa shape index (κ1) is 21.4. The topological polar surface area (TPSA) is 115 Å². The number of nitrogen functional groups attached to an aromatic ring is 1. The molecule has 0 saturated carbocycles. The molecule has 1 aliphatic heterocycles. The highest BCUT2D eigenvalue weighted by molar-refractivity contribution is 6.08. The lowest BCUT2D eigenvalue weighted by Crippen LogP contribution is -2.47. The van der Waals surface area contributed by atoms with Gasteiger partial charge in [0.05, 0.1) is 34.7 Å². The highest BCUT2D eigenvalue weighted by Crippen LogP contribution is 2.31. The highest BCUT2D eigenvalue weighted by Gasteiger charge is 2.35. The summed E-state index contributed by atoms with van der Waals surface area (Å²) in [5.74, 6) is 0.563. The number of aromatic amines is 1. The molecule has 0 bridgehead atoms. The van der Waals surface area contributed by atoms with E-state index in [2.05, 4.69) is 15.2 Å². The minimum atomic E-state index is -0.603.